The average Bonchev–Trinajstić information content (AvgIpc) is 2.88. The minimum Gasteiger partial charge on any atom is -0.448 e. The van der Waals surface area contributed by atoms with E-state index in [9.17, 15) is 9.59 Å². The Morgan fingerprint density at radius 1 is 1.50 bits per heavy atom. The van der Waals surface area contributed by atoms with E-state index in [1.807, 2.05) is 0 Å². The number of alkyl halides is 1. The van der Waals surface area contributed by atoms with E-state index in [1.54, 1.807) is 14.1 Å². The highest BCUT2D eigenvalue weighted by molar-refractivity contribution is 8.00. The molecule has 1 aromatic rings. The molecule has 0 saturated carbocycles. The van der Waals surface area contributed by atoms with Crippen LogP contribution >= 0.6 is 34.7 Å². The average molecular weight is 367 g/mol. The first-order chi connectivity index (χ1) is 10.5. The van der Waals surface area contributed by atoms with Crippen molar-refractivity contribution < 1.29 is 14.3 Å². The summed E-state index contributed by atoms with van der Waals surface area (Å²) in [6.07, 6.45) is 0.876. The zero-order valence-corrected chi connectivity index (χ0v) is 15.1. The maximum atomic E-state index is 12.0. The maximum Gasteiger partial charge on any atom is 0.437 e. The largest absolute Gasteiger partial charge is 0.448 e. The van der Waals surface area contributed by atoms with Gasteiger partial charge in [-0.1, -0.05) is 30.0 Å². The molecular formula is C12H19ClN4O3S2. The van der Waals surface area contributed by atoms with Gasteiger partial charge in [0.15, 0.2) is 4.34 Å². The van der Waals surface area contributed by atoms with Crippen LogP contribution < -0.4 is 4.80 Å². The number of carbonyl (C=O) groups excluding carboxylic acids is 2. The van der Waals surface area contributed by atoms with Crippen LogP contribution in [0.15, 0.2) is 9.33 Å². The van der Waals surface area contributed by atoms with Crippen molar-refractivity contribution in [2.75, 3.05) is 32.3 Å². The summed E-state index contributed by atoms with van der Waals surface area (Å²) in [6, 6.07) is -0.460. The van der Waals surface area contributed by atoms with Gasteiger partial charge in [0.1, 0.15) is 0 Å². The number of carbonyl (C=O) groups is 2. The van der Waals surface area contributed by atoms with Gasteiger partial charge in [0.05, 0.1) is 6.61 Å². The summed E-state index contributed by atoms with van der Waals surface area (Å²) in [5.41, 5.74) is 0. The highest BCUT2D eigenvalue weighted by atomic mass is 35.5. The normalized spacial score (nSPS) is 11.5. The molecule has 0 N–H and O–H groups in total. The van der Waals surface area contributed by atoms with Crippen molar-refractivity contribution in [3.05, 3.63) is 4.80 Å². The van der Waals surface area contributed by atoms with Gasteiger partial charge in [0.2, 0.25) is 4.80 Å². The number of hydrogen-bond donors (Lipinski definition) is 0. The van der Waals surface area contributed by atoms with Gasteiger partial charge in [-0.05, 0) is 12.8 Å². The van der Waals surface area contributed by atoms with Crippen LogP contribution in [0.5, 0.6) is 0 Å². The molecule has 0 aliphatic heterocycles. The van der Waals surface area contributed by atoms with Crippen molar-refractivity contribution in [2.45, 2.75) is 24.1 Å². The van der Waals surface area contributed by atoms with Crippen LogP contribution in [0.25, 0.3) is 0 Å². The van der Waals surface area contributed by atoms with Crippen molar-refractivity contribution in [1.29, 1.82) is 0 Å². The van der Waals surface area contributed by atoms with E-state index in [2.05, 4.69) is 17.0 Å². The molecule has 10 heteroatoms. The molecule has 2 amide bonds. The van der Waals surface area contributed by atoms with Crippen LogP contribution in [0, 0.1) is 0 Å². The molecule has 22 heavy (non-hydrogen) atoms. The number of hydrogen-bond acceptors (Lipinski definition) is 6. The van der Waals surface area contributed by atoms with Gasteiger partial charge in [-0.2, -0.15) is 4.99 Å². The van der Waals surface area contributed by atoms with E-state index in [0.717, 1.165) is 16.9 Å². The predicted molar refractivity (Wildman–Crippen MR) is 87.8 cm³/mol. The number of thioether (sulfide) groups is 1. The second kappa shape index (κ2) is 9.86. The van der Waals surface area contributed by atoms with Gasteiger partial charge in [-0.3, -0.25) is 0 Å². The first kappa shape index (κ1) is 19.0. The standard InChI is InChI=1S/C12H19ClN4O3S2/c1-4-8-21-11-15-17(12(19)20-7-5-6-13)10(22-11)14-9(18)16(2)3/h4-8H2,1-3H3. The van der Waals surface area contributed by atoms with Crippen molar-refractivity contribution >= 4 is 46.8 Å². The van der Waals surface area contributed by atoms with Crippen LogP contribution in [-0.2, 0) is 4.74 Å². The zero-order valence-electron chi connectivity index (χ0n) is 12.7. The molecule has 0 atom stereocenters. The Labute approximate surface area is 142 Å². The van der Waals surface area contributed by atoms with Crippen molar-refractivity contribution in [2.24, 2.45) is 4.99 Å². The quantitative estimate of drug-likeness (QED) is 0.439. The van der Waals surface area contributed by atoms with Crippen LogP contribution in [0.1, 0.15) is 19.8 Å². The number of rotatable bonds is 6. The number of aromatic nitrogens is 2. The second-order valence-corrected chi connectivity index (χ2v) is 7.03. The van der Waals surface area contributed by atoms with Gasteiger partial charge < -0.3 is 9.64 Å². The van der Waals surface area contributed by atoms with Gasteiger partial charge in [-0.25, -0.2) is 9.59 Å². The molecule has 7 nitrogen and oxygen atoms in total. The molecule has 0 unspecified atom stereocenters. The third-order valence-electron chi connectivity index (χ3n) is 2.22. The van der Waals surface area contributed by atoms with E-state index >= 15 is 0 Å². The Hall–Kier alpha value is -1.06. The molecule has 0 fully saturated rings. The lowest BCUT2D eigenvalue weighted by molar-refractivity contribution is 0.143. The molecule has 0 radical (unpaired) electrons. The number of nitrogens with zero attached hydrogens (tertiary/aromatic N) is 4. The Morgan fingerprint density at radius 2 is 2.23 bits per heavy atom. The molecule has 0 saturated heterocycles. The summed E-state index contributed by atoms with van der Waals surface area (Å²) in [4.78, 5) is 29.2. The zero-order chi connectivity index (χ0) is 16.5. The van der Waals surface area contributed by atoms with Crippen molar-refractivity contribution in [3.63, 3.8) is 0 Å². The lowest BCUT2D eigenvalue weighted by Crippen LogP contribution is -2.29. The van der Waals surface area contributed by atoms with E-state index in [4.69, 9.17) is 16.3 Å². The Morgan fingerprint density at radius 3 is 2.82 bits per heavy atom. The minimum atomic E-state index is -0.657. The van der Waals surface area contributed by atoms with Gasteiger partial charge in [0, 0.05) is 25.7 Å². The van der Waals surface area contributed by atoms with E-state index in [-0.39, 0.29) is 11.4 Å². The fourth-order valence-corrected chi connectivity index (χ4v) is 3.10. The number of urea groups is 1. The van der Waals surface area contributed by atoms with Gasteiger partial charge in [0.25, 0.3) is 0 Å². The molecular weight excluding hydrogens is 348 g/mol. The van der Waals surface area contributed by atoms with Crippen LogP contribution in [0.3, 0.4) is 0 Å². The molecule has 0 bridgehead atoms. The molecule has 0 aliphatic rings. The van der Waals surface area contributed by atoms with E-state index in [1.165, 1.54) is 28.0 Å². The highest BCUT2D eigenvalue weighted by Crippen LogP contribution is 2.18. The van der Waals surface area contributed by atoms with Gasteiger partial charge in [-0.15, -0.1) is 21.4 Å². The summed E-state index contributed by atoms with van der Waals surface area (Å²) >= 11 is 8.24. The molecule has 1 aromatic heterocycles. The van der Waals surface area contributed by atoms with Crippen LogP contribution in [-0.4, -0.2) is 59.1 Å². The molecule has 1 rings (SSSR count). The predicted octanol–water partition coefficient (Wildman–Crippen LogP) is 2.64. The van der Waals surface area contributed by atoms with Crippen molar-refractivity contribution in [3.8, 4) is 0 Å². The van der Waals surface area contributed by atoms with E-state index < -0.39 is 12.1 Å². The molecule has 1 heterocycles. The maximum absolute atomic E-state index is 12.0. The molecule has 0 spiro atoms. The Bertz CT molecular complexity index is 571. The first-order valence-electron chi connectivity index (χ1n) is 6.71. The lowest BCUT2D eigenvalue weighted by Gasteiger charge is -2.04. The fraction of sp³-hybridized carbons (Fsp3) is 0.667. The minimum absolute atomic E-state index is 0.200. The van der Waals surface area contributed by atoms with Crippen molar-refractivity contribution in [1.82, 2.24) is 14.7 Å². The SMILES string of the molecule is CCCSc1nn(C(=O)OCCCCl)c(=NC(=O)N(C)C)s1. The number of ether oxygens (including phenoxy) is 1. The monoisotopic (exact) mass is 366 g/mol. The summed E-state index contributed by atoms with van der Waals surface area (Å²) < 4.78 is 6.75. The number of halogens is 1. The number of amides is 2. The third kappa shape index (κ3) is 5.98. The van der Waals surface area contributed by atoms with Crippen LogP contribution in [0.4, 0.5) is 9.59 Å². The molecule has 0 aromatic carbocycles. The van der Waals surface area contributed by atoms with Crippen LogP contribution in [0.2, 0.25) is 0 Å². The molecule has 124 valence electrons. The Kier molecular flexibility index (Phi) is 8.51. The molecule has 0 aliphatic carbocycles. The van der Waals surface area contributed by atoms with E-state index in [0.29, 0.717) is 16.6 Å². The summed E-state index contributed by atoms with van der Waals surface area (Å²) in [6.45, 7) is 2.25. The Balaban J connectivity index is 3.03. The summed E-state index contributed by atoms with van der Waals surface area (Å²) in [5.74, 6) is 1.28. The smallest absolute Gasteiger partial charge is 0.437 e. The first-order valence-corrected chi connectivity index (χ1v) is 9.05. The summed E-state index contributed by atoms with van der Waals surface area (Å²) in [5, 5.41) is 4.16. The topological polar surface area (TPSA) is 76.8 Å². The second-order valence-electron chi connectivity index (χ2n) is 4.36. The highest BCUT2D eigenvalue weighted by Gasteiger charge is 2.15. The fourth-order valence-electron chi connectivity index (χ4n) is 1.16. The summed E-state index contributed by atoms with van der Waals surface area (Å²) in [7, 11) is 3.17. The lowest BCUT2D eigenvalue weighted by atomic mass is 10.5. The van der Waals surface area contributed by atoms with Gasteiger partial charge >= 0.3 is 12.1 Å². The third-order valence-corrected chi connectivity index (χ3v) is 4.74.